The molecule has 10 nitrogen and oxygen atoms in total. The lowest BCUT2D eigenvalue weighted by Crippen LogP contribution is -2.32. The number of ether oxygens (including phenoxy) is 1. The summed E-state index contributed by atoms with van der Waals surface area (Å²) in [5.41, 5.74) is 8.86. The third-order valence-electron chi connectivity index (χ3n) is 3.52. The van der Waals surface area contributed by atoms with Gasteiger partial charge in [-0.2, -0.15) is 21.7 Å². The van der Waals surface area contributed by atoms with Gasteiger partial charge in [-0.1, -0.05) is 0 Å². The lowest BCUT2D eigenvalue weighted by Gasteiger charge is -2.16. The normalized spacial score (nSPS) is 28.4. The summed E-state index contributed by atoms with van der Waals surface area (Å²) in [5.74, 6) is 6.16. The van der Waals surface area contributed by atoms with Crippen molar-refractivity contribution in [3.63, 3.8) is 0 Å². The lowest BCUT2D eigenvalue weighted by molar-refractivity contribution is -0.0288. The van der Waals surface area contributed by atoms with Gasteiger partial charge in [-0.15, -0.1) is 0 Å². The Balaban J connectivity index is 2.01. The average Bonchev–Trinajstić information content (AvgIpc) is 3.04. The van der Waals surface area contributed by atoms with Crippen molar-refractivity contribution in [1.82, 2.24) is 19.5 Å². The van der Waals surface area contributed by atoms with E-state index in [4.69, 9.17) is 16.3 Å². The number of aromatic nitrogens is 4. The third kappa shape index (κ3) is 2.36. The summed E-state index contributed by atoms with van der Waals surface area (Å²) in [7, 11) is 0. The van der Waals surface area contributed by atoms with Gasteiger partial charge in [0.2, 0.25) is 5.95 Å². The monoisotopic (exact) mass is 327 g/mol. The SMILES string of the molecule is CSC[C@H]1O[C@@H](n2cnc3c(N)nc(NN)nc32)[C@H](O)[C@@H]1O. The number of nitrogens with zero attached hydrogens (tertiary/aromatic N) is 4. The number of fused-ring (bicyclic) bond motifs is 1. The summed E-state index contributed by atoms with van der Waals surface area (Å²) < 4.78 is 7.26. The number of aliphatic hydroxyl groups excluding tert-OH is 2. The topological polar surface area (TPSA) is 157 Å². The second-order valence-corrected chi connectivity index (χ2v) is 5.81. The maximum Gasteiger partial charge on any atom is 0.241 e. The zero-order valence-corrected chi connectivity index (χ0v) is 12.6. The van der Waals surface area contributed by atoms with E-state index in [1.807, 2.05) is 6.26 Å². The first-order valence-corrected chi connectivity index (χ1v) is 7.93. The summed E-state index contributed by atoms with van der Waals surface area (Å²) in [4.78, 5) is 12.3. The highest BCUT2D eigenvalue weighted by Gasteiger charge is 2.44. The molecule has 0 bridgehead atoms. The molecule has 4 atom stereocenters. The van der Waals surface area contributed by atoms with E-state index in [9.17, 15) is 10.2 Å². The van der Waals surface area contributed by atoms with Crippen molar-refractivity contribution >= 4 is 34.7 Å². The fourth-order valence-corrected chi connectivity index (χ4v) is 3.05. The Labute approximate surface area is 129 Å². The Bertz CT molecular complexity index is 681. The second-order valence-electron chi connectivity index (χ2n) is 4.90. The van der Waals surface area contributed by atoms with Gasteiger partial charge in [-0.3, -0.25) is 9.99 Å². The number of hydrogen-bond donors (Lipinski definition) is 5. The van der Waals surface area contributed by atoms with Gasteiger partial charge in [0.1, 0.15) is 17.7 Å². The molecule has 0 radical (unpaired) electrons. The van der Waals surface area contributed by atoms with E-state index in [0.717, 1.165) is 0 Å². The Kier molecular flexibility index (Phi) is 4.06. The number of hydrazine groups is 1. The van der Waals surface area contributed by atoms with Gasteiger partial charge >= 0.3 is 0 Å². The molecule has 2 aromatic heterocycles. The van der Waals surface area contributed by atoms with Crippen LogP contribution in [0, 0.1) is 0 Å². The molecule has 3 heterocycles. The minimum absolute atomic E-state index is 0.125. The van der Waals surface area contributed by atoms with Crippen molar-refractivity contribution in [2.75, 3.05) is 23.2 Å². The molecule has 11 heteroatoms. The van der Waals surface area contributed by atoms with Crippen molar-refractivity contribution in [1.29, 1.82) is 0 Å². The summed E-state index contributed by atoms with van der Waals surface area (Å²) in [6.07, 6.45) is -0.0230. The van der Waals surface area contributed by atoms with Crippen LogP contribution in [-0.2, 0) is 4.74 Å². The highest BCUT2D eigenvalue weighted by molar-refractivity contribution is 7.98. The van der Waals surface area contributed by atoms with Crippen LogP contribution in [0.15, 0.2) is 6.33 Å². The van der Waals surface area contributed by atoms with Crippen LogP contribution in [0.25, 0.3) is 11.2 Å². The van der Waals surface area contributed by atoms with E-state index < -0.39 is 24.5 Å². The zero-order chi connectivity index (χ0) is 15.9. The molecular formula is C11H17N7O3S. The van der Waals surface area contributed by atoms with Gasteiger partial charge in [0.15, 0.2) is 17.7 Å². The van der Waals surface area contributed by atoms with Crippen LogP contribution in [0.3, 0.4) is 0 Å². The Morgan fingerprint density at radius 1 is 1.41 bits per heavy atom. The fourth-order valence-electron chi connectivity index (χ4n) is 2.45. The molecule has 0 saturated carbocycles. The number of thioether (sulfide) groups is 1. The molecule has 0 amide bonds. The fraction of sp³-hybridized carbons (Fsp3) is 0.545. The highest BCUT2D eigenvalue weighted by Crippen LogP contribution is 2.33. The molecule has 0 unspecified atom stereocenters. The number of nitrogens with two attached hydrogens (primary N) is 2. The van der Waals surface area contributed by atoms with Crippen molar-refractivity contribution in [2.45, 2.75) is 24.5 Å². The molecule has 1 aliphatic heterocycles. The van der Waals surface area contributed by atoms with Crippen molar-refractivity contribution in [2.24, 2.45) is 5.84 Å². The van der Waals surface area contributed by atoms with Gasteiger partial charge in [0.25, 0.3) is 0 Å². The number of nitrogen functional groups attached to an aromatic ring is 2. The Morgan fingerprint density at radius 2 is 2.18 bits per heavy atom. The second kappa shape index (κ2) is 5.85. The Morgan fingerprint density at radius 3 is 2.86 bits per heavy atom. The van der Waals surface area contributed by atoms with Crippen LogP contribution in [0.5, 0.6) is 0 Å². The minimum Gasteiger partial charge on any atom is -0.387 e. The van der Waals surface area contributed by atoms with Gasteiger partial charge in [0.05, 0.1) is 12.4 Å². The van der Waals surface area contributed by atoms with Gasteiger partial charge < -0.3 is 20.7 Å². The molecule has 1 aliphatic rings. The van der Waals surface area contributed by atoms with E-state index in [1.54, 1.807) is 0 Å². The first kappa shape index (κ1) is 15.2. The maximum atomic E-state index is 10.2. The van der Waals surface area contributed by atoms with Crippen LogP contribution in [-0.4, -0.2) is 60.1 Å². The van der Waals surface area contributed by atoms with E-state index in [0.29, 0.717) is 16.9 Å². The minimum atomic E-state index is -1.10. The van der Waals surface area contributed by atoms with Crippen molar-refractivity contribution < 1.29 is 14.9 Å². The quantitative estimate of drug-likeness (QED) is 0.337. The number of aliphatic hydroxyl groups is 2. The standard InChI is InChI=1S/C11H17N7O3S/c1-22-2-4-6(19)7(20)10(21-4)18-3-14-5-8(12)15-11(17-13)16-9(5)18/h3-4,6-7,10,19-20H,2,13H2,1H3,(H3,12,15,16,17)/t4-,6-,7-,10-/m1/s1. The molecule has 120 valence electrons. The molecule has 7 N–H and O–H groups in total. The molecule has 0 aromatic carbocycles. The largest absolute Gasteiger partial charge is 0.387 e. The average molecular weight is 327 g/mol. The molecule has 1 saturated heterocycles. The summed E-state index contributed by atoms with van der Waals surface area (Å²) in [5, 5.41) is 20.3. The third-order valence-corrected chi connectivity index (χ3v) is 4.18. The van der Waals surface area contributed by atoms with E-state index in [1.165, 1.54) is 22.7 Å². The first-order valence-electron chi connectivity index (χ1n) is 6.54. The summed E-state index contributed by atoms with van der Waals surface area (Å²) in [6, 6.07) is 0. The van der Waals surface area contributed by atoms with Gasteiger partial charge in [-0.25, -0.2) is 10.8 Å². The van der Waals surface area contributed by atoms with Gasteiger partial charge in [-0.05, 0) is 6.26 Å². The smallest absolute Gasteiger partial charge is 0.241 e. The predicted octanol–water partition coefficient (Wildman–Crippen LogP) is -1.32. The summed E-state index contributed by atoms with van der Waals surface area (Å²) >= 11 is 1.52. The predicted molar refractivity (Wildman–Crippen MR) is 81.9 cm³/mol. The summed E-state index contributed by atoms with van der Waals surface area (Å²) in [6.45, 7) is 0. The molecule has 0 aliphatic carbocycles. The maximum absolute atomic E-state index is 10.2. The number of rotatable bonds is 4. The first-order chi connectivity index (χ1) is 10.6. The molecule has 0 spiro atoms. The van der Waals surface area contributed by atoms with Crippen molar-refractivity contribution in [3.05, 3.63) is 6.33 Å². The van der Waals surface area contributed by atoms with E-state index in [-0.39, 0.29) is 11.8 Å². The number of hydrogen-bond acceptors (Lipinski definition) is 10. The molecule has 22 heavy (non-hydrogen) atoms. The number of anilines is 2. The van der Waals surface area contributed by atoms with Crippen LogP contribution < -0.4 is 17.0 Å². The molecular weight excluding hydrogens is 310 g/mol. The van der Waals surface area contributed by atoms with Crippen LogP contribution >= 0.6 is 11.8 Å². The highest BCUT2D eigenvalue weighted by atomic mass is 32.2. The number of nitrogens with one attached hydrogen (secondary N) is 1. The van der Waals surface area contributed by atoms with Crippen molar-refractivity contribution in [3.8, 4) is 0 Å². The van der Waals surface area contributed by atoms with E-state index in [2.05, 4.69) is 20.4 Å². The Hall–Kier alpha value is -1.66. The molecule has 2 aromatic rings. The zero-order valence-electron chi connectivity index (χ0n) is 11.7. The number of imidazole rings is 1. The van der Waals surface area contributed by atoms with Gasteiger partial charge in [0, 0.05) is 5.75 Å². The lowest BCUT2D eigenvalue weighted by atomic mass is 10.1. The van der Waals surface area contributed by atoms with E-state index >= 15 is 0 Å². The van der Waals surface area contributed by atoms with Crippen LogP contribution in [0.2, 0.25) is 0 Å². The van der Waals surface area contributed by atoms with Crippen LogP contribution in [0.4, 0.5) is 11.8 Å². The molecule has 1 fully saturated rings. The van der Waals surface area contributed by atoms with Crippen LogP contribution in [0.1, 0.15) is 6.23 Å². The molecule has 3 rings (SSSR count).